The molecule has 1 amide bonds. The van der Waals surface area contributed by atoms with E-state index in [0.29, 0.717) is 29.6 Å². The molecule has 0 fully saturated rings. The van der Waals surface area contributed by atoms with Gasteiger partial charge in [-0.25, -0.2) is 4.79 Å². The van der Waals surface area contributed by atoms with Crippen LogP contribution >= 0.6 is 0 Å². The Morgan fingerprint density at radius 3 is 2.38 bits per heavy atom. The highest BCUT2D eigenvalue weighted by atomic mass is 17.2. The van der Waals surface area contributed by atoms with Gasteiger partial charge in [-0.05, 0) is 36.6 Å². The summed E-state index contributed by atoms with van der Waals surface area (Å²) < 4.78 is 1.97. The topological polar surface area (TPSA) is 101 Å². The molecule has 7 nitrogen and oxygen atoms in total. The van der Waals surface area contributed by atoms with Gasteiger partial charge in [0.05, 0.1) is 16.5 Å². The van der Waals surface area contributed by atoms with Crippen LogP contribution in [-0.4, -0.2) is 22.2 Å². The van der Waals surface area contributed by atoms with Gasteiger partial charge in [-0.1, -0.05) is 37.3 Å². The molecule has 0 atom stereocenters. The van der Waals surface area contributed by atoms with Crippen LogP contribution in [0.4, 0.5) is 0 Å². The van der Waals surface area contributed by atoms with Gasteiger partial charge in [0, 0.05) is 19.2 Å². The molecular weight excluding hydrogens is 372 g/mol. The second kappa shape index (κ2) is 8.18. The molecule has 3 aromatic rings. The first kappa shape index (κ1) is 20.1. The third kappa shape index (κ3) is 3.99. The van der Waals surface area contributed by atoms with Gasteiger partial charge in [0.1, 0.15) is 0 Å². The Balaban J connectivity index is 2.33. The van der Waals surface area contributed by atoms with E-state index in [9.17, 15) is 14.4 Å². The van der Waals surface area contributed by atoms with Crippen molar-refractivity contribution in [1.29, 1.82) is 0 Å². The fraction of sp³-hybridized carbons (Fsp3) is 0.227. The zero-order valence-corrected chi connectivity index (χ0v) is 16.5. The summed E-state index contributed by atoms with van der Waals surface area (Å²) in [5, 5.41) is 0.397. The van der Waals surface area contributed by atoms with Crippen LogP contribution in [0.2, 0.25) is 0 Å². The standard InChI is InChI=1S/C22H22N2O5/c1-4-16-20(21(26)22(23)27)19-17(24(16)12-15-8-6-5-7-9-15)10-13(2)11-18(19)29-28-14(3)25/h5-11H,4,12H2,1-3H3,(H2,23,27). The molecule has 0 saturated heterocycles. The van der Waals surface area contributed by atoms with Gasteiger partial charge in [-0.3, -0.25) is 19.4 Å². The number of amides is 1. The highest BCUT2D eigenvalue weighted by molar-refractivity contribution is 6.45. The van der Waals surface area contributed by atoms with Crippen molar-refractivity contribution < 1.29 is 24.2 Å². The van der Waals surface area contributed by atoms with Crippen LogP contribution < -0.4 is 10.6 Å². The fourth-order valence-electron chi connectivity index (χ4n) is 3.47. The van der Waals surface area contributed by atoms with Crippen molar-refractivity contribution in [3.8, 4) is 5.75 Å². The second-order valence-corrected chi connectivity index (χ2v) is 6.76. The van der Waals surface area contributed by atoms with Crippen LogP contribution in [-0.2, 0) is 27.4 Å². The Bertz CT molecular complexity index is 1100. The van der Waals surface area contributed by atoms with E-state index >= 15 is 0 Å². The third-order valence-corrected chi connectivity index (χ3v) is 4.60. The predicted molar refractivity (Wildman–Crippen MR) is 108 cm³/mol. The number of primary amides is 1. The molecular formula is C22H22N2O5. The maximum Gasteiger partial charge on any atom is 0.352 e. The third-order valence-electron chi connectivity index (χ3n) is 4.60. The molecule has 0 bridgehead atoms. The predicted octanol–water partition coefficient (Wildman–Crippen LogP) is 3.09. The molecule has 7 heteroatoms. The Labute approximate surface area is 167 Å². The first-order valence-corrected chi connectivity index (χ1v) is 9.22. The minimum Gasteiger partial charge on any atom is -0.363 e. The van der Waals surface area contributed by atoms with Crippen LogP contribution in [0.5, 0.6) is 5.75 Å². The van der Waals surface area contributed by atoms with Gasteiger partial charge in [-0.15, -0.1) is 0 Å². The van der Waals surface area contributed by atoms with Crippen LogP contribution in [0, 0.1) is 6.92 Å². The maximum absolute atomic E-state index is 12.7. The number of Topliss-reactive ketones (excluding diaryl/α,β-unsaturated/α-hetero) is 1. The number of hydrogen-bond acceptors (Lipinski definition) is 5. The van der Waals surface area contributed by atoms with Crippen LogP contribution in [0.3, 0.4) is 0 Å². The number of fused-ring (bicyclic) bond motifs is 1. The van der Waals surface area contributed by atoms with Crippen molar-refractivity contribution in [1.82, 2.24) is 4.57 Å². The zero-order valence-electron chi connectivity index (χ0n) is 16.5. The summed E-state index contributed by atoms with van der Waals surface area (Å²) in [5.41, 5.74) is 8.72. The van der Waals surface area contributed by atoms with Gasteiger partial charge >= 0.3 is 5.97 Å². The summed E-state index contributed by atoms with van der Waals surface area (Å²) in [5.74, 6) is -2.32. The van der Waals surface area contributed by atoms with E-state index in [4.69, 9.17) is 15.5 Å². The van der Waals surface area contributed by atoms with Gasteiger partial charge < -0.3 is 10.3 Å². The van der Waals surface area contributed by atoms with Gasteiger partial charge in [0.2, 0.25) is 0 Å². The Hall–Kier alpha value is -3.61. The van der Waals surface area contributed by atoms with Gasteiger partial charge in [-0.2, -0.15) is 0 Å². The van der Waals surface area contributed by atoms with E-state index in [1.54, 1.807) is 6.07 Å². The van der Waals surface area contributed by atoms with E-state index in [1.807, 2.05) is 54.8 Å². The van der Waals surface area contributed by atoms with E-state index in [-0.39, 0.29) is 11.3 Å². The first-order valence-electron chi connectivity index (χ1n) is 9.22. The zero-order chi connectivity index (χ0) is 21.1. The fourth-order valence-corrected chi connectivity index (χ4v) is 3.47. The number of nitrogens with two attached hydrogens (primary N) is 1. The molecule has 150 valence electrons. The van der Waals surface area contributed by atoms with Crippen LogP contribution in [0.25, 0.3) is 10.9 Å². The molecule has 1 heterocycles. The van der Waals surface area contributed by atoms with E-state index in [1.165, 1.54) is 6.92 Å². The normalized spacial score (nSPS) is 10.7. The number of aromatic nitrogens is 1. The minimum atomic E-state index is -1.06. The quantitative estimate of drug-likeness (QED) is 0.287. The Morgan fingerprint density at radius 1 is 1.10 bits per heavy atom. The SMILES string of the molecule is CCc1c(C(=O)C(N)=O)c2c(OOC(C)=O)cc(C)cc2n1Cc1ccccc1. The average molecular weight is 394 g/mol. The molecule has 0 radical (unpaired) electrons. The lowest BCUT2D eigenvalue weighted by Crippen LogP contribution is -2.24. The summed E-state index contributed by atoms with van der Waals surface area (Å²) in [6.45, 7) is 5.46. The molecule has 3 rings (SSSR count). The summed E-state index contributed by atoms with van der Waals surface area (Å²) >= 11 is 0. The summed E-state index contributed by atoms with van der Waals surface area (Å²) in [6.07, 6.45) is 0.488. The Kier molecular flexibility index (Phi) is 5.68. The Morgan fingerprint density at radius 2 is 1.79 bits per heavy atom. The molecule has 1 aromatic heterocycles. The van der Waals surface area contributed by atoms with Gasteiger partial charge in [0.15, 0.2) is 5.75 Å². The van der Waals surface area contributed by atoms with Crippen LogP contribution in [0.1, 0.15) is 41.0 Å². The number of hydrogen-bond donors (Lipinski definition) is 1. The molecule has 0 aliphatic heterocycles. The lowest BCUT2D eigenvalue weighted by molar-refractivity contribution is -0.210. The van der Waals surface area contributed by atoms with Crippen molar-refractivity contribution in [3.63, 3.8) is 0 Å². The molecule has 2 N–H and O–H groups in total. The number of aryl methyl sites for hydroxylation is 1. The smallest absolute Gasteiger partial charge is 0.352 e. The largest absolute Gasteiger partial charge is 0.363 e. The van der Waals surface area contributed by atoms with Crippen LogP contribution in [0.15, 0.2) is 42.5 Å². The number of benzene rings is 2. The van der Waals surface area contributed by atoms with Crippen molar-refractivity contribution >= 4 is 28.6 Å². The maximum atomic E-state index is 12.7. The average Bonchev–Trinajstić information content (AvgIpc) is 2.99. The van der Waals surface area contributed by atoms with E-state index in [0.717, 1.165) is 11.1 Å². The number of carbonyl (C=O) groups excluding carboxylic acids is 3. The summed E-state index contributed by atoms with van der Waals surface area (Å²) in [6, 6.07) is 13.3. The molecule has 0 aliphatic carbocycles. The van der Waals surface area contributed by atoms with Crippen molar-refractivity contribution in [2.24, 2.45) is 5.73 Å². The molecule has 29 heavy (non-hydrogen) atoms. The molecule has 0 aliphatic rings. The molecule has 2 aromatic carbocycles. The number of nitrogens with zero attached hydrogens (tertiary/aromatic N) is 1. The molecule has 0 spiro atoms. The lowest BCUT2D eigenvalue weighted by atomic mass is 10.0. The lowest BCUT2D eigenvalue weighted by Gasteiger charge is -2.11. The van der Waals surface area contributed by atoms with Crippen molar-refractivity contribution in [2.75, 3.05) is 0 Å². The first-order chi connectivity index (χ1) is 13.8. The van der Waals surface area contributed by atoms with Crippen molar-refractivity contribution in [3.05, 3.63) is 64.8 Å². The monoisotopic (exact) mass is 394 g/mol. The molecule has 0 unspecified atom stereocenters. The minimum absolute atomic E-state index is 0.174. The van der Waals surface area contributed by atoms with Gasteiger partial charge in [0.25, 0.3) is 11.7 Å². The number of ketones is 1. The van der Waals surface area contributed by atoms with E-state index in [2.05, 4.69) is 0 Å². The van der Waals surface area contributed by atoms with Crippen molar-refractivity contribution in [2.45, 2.75) is 33.7 Å². The second-order valence-electron chi connectivity index (χ2n) is 6.76. The summed E-state index contributed by atoms with van der Waals surface area (Å²) in [4.78, 5) is 45.7. The molecule has 0 saturated carbocycles. The number of carbonyl (C=O) groups is 3. The number of rotatable bonds is 7. The highest BCUT2D eigenvalue weighted by Gasteiger charge is 2.28. The highest BCUT2D eigenvalue weighted by Crippen LogP contribution is 2.36. The summed E-state index contributed by atoms with van der Waals surface area (Å²) in [7, 11) is 0. The van der Waals surface area contributed by atoms with E-state index < -0.39 is 17.7 Å².